The number of fused-ring (bicyclic) bond motifs is 6. The molecule has 164 valence electrons. The van der Waals surface area contributed by atoms with Crippen LogP contribution in [0.5, 0.6) is 0 Å². The third-order valence-electron chi connectivity index (χ3n) is 9.21. The minimum Gasteiger partial charge on any atom is -0.0796 e. The number of hydrogen-bond acceptors (Lipinski definition) is 0. The molecule has 34 heavy (non-hydrogen) atoms. The van der Waals surface area contributed by atoms with Gasteiger partial charge in [-0.05, 0) is 107 Å². The van der Waals surface area contributed by atoms with Crippen molar-refractivity contribution in [1.82, 2.24) is 0 Å². The Kier molecular flexibility index (Phi) is 3.35. The van der Waals surface area contributed by atoms with E-state index in [1.807, 2.05) is 0 Å². The van der Waals surface area contributed by atoms with Crippen LogP contribution in [0.25, 0.3) is 54.6 Å². The molecule has 2 unspecified atom stereocenters. The average molecular weight is 437 g/mol. The van der Waals surface area contributed by atoms with Crippen molar-refractivity contribution in [1.29, 1.82) is 0 Å². The molecule has 0 heteroatoms. The van der Waals surface area contributed by atoms with E-state index in [2.05, 4.69) is 107 Å². The molecule has 3 aliphatic rings. The Bertz CT molecular complexity index is 1760. The van der Waals surface area contributed by atoms with Crippen LogP contribution in [0, 0.1) is 5.92 Å². The van der Waals surface area contributed by atoms with Gasteiger partial charge < -0.3 is 0 Å². The molecular formula is C34H28. The predicted molar refractivity (Wildman–Crippen MR) is 146 cm³/mol. The highest BCUT2D eigenvalue weighted by Crippen LogP contribution is 2.58. The van der Waals surface area contributed by atoms with Gasteiger partial charge in [0, 0.05) is 5.92 Å². The van der Waals surface area contributed by atoms with Crippen molar-refractivity contribution in [2.75, 3.05) is 0 Å². The summed E-state index contributed by atoms with van der Waals surface area (Å²) >= 11 is 0. The summed E-state index contributed by atoms with van der Waals surface area (Å²) in [5, 5.41) is 8.52. The highest BCUT2D eigenvalue weighted by atomic mass is 14.5. The lowest BCUT2D eigenvalue weighted by Gasteiger charge is -2.29. The first-order valence-electron chi connectivity index (χ1n) is 12.7. The van der Waals surface area contributed by atoms with Crippen LogP contribution >= 0.6 is 0 Å². The standard InChI is InChI=1S/C34H28/c1-18(2)21-12-11-20-15-28-25-16-27-22-7-5-6-8-29(22)34(3,4)30(27)17-26(25)24-14-10-19-9-13-23(21)31(20)32(19)33(24)28/h5-18,22,29H,1-4H3. The second-order valence-electron chi connectivity index (χ2n) is 11.6. The molecule has 0 radical (unpaired) electrons. The highest BCUT2D eigenvalue weighted by Gasteiger charge is 2.45. The molecular weight excluding hydrogens is 408 g/mol. The first-order valence-corrected chi connectivity index (χ1v) is 12.7. The van der Waals surface area contributed by atoms with E-state index in [9.17, 15) is 0 Å². The van der Waals surface area contributed by atoms with E-state index in [0.717, 1.165) is 0 Å². The number of rotatable bonds is 1. The number of allylic oxidation sites excluding steroid dienone is 4. The zero-order valence-corrected chi connectivity index (χ0v) is 20.2. The minimum atomic E-state index is 0.141. The Balaban J connectivity index is 1.50. The molecule has 0 saturated heterocycles. The summed E-state index contributed by atoms with van der Waals surface area (Å²) in [5.41, 5.74) is 10.3. The Morgan fingerprint density at radius 1 is 0.676 bits per heavy atom. The van der Waals surface area contributed by atoms with Crippen molar-refractivity contribution >= 4 is 32.3 Å². The summed E-state index contributed by atoms with van der Waals surface area (Å²) in [6.45, 7) is 9.49. The van der Waals surface area contributed by atoms with Crippen LogP contribution in [0.3, 0.4) is 0 Å². The first-order chi connectivity index (χ1) is 16.4. The van der Waals surface area contributed by atoms with Crippen LogP contribution in [0.4, 0.5) is 0 Å². The SMILES string of the molecule is CC(C)c1ccc2cc3c4c(ccc5ccc1c2c54)-c1cc2c(cc1-3)C1C=CC=CC1C2(C)C. The van der Waals surface area contributed by atoms with Gasteiger partial charge in [-0.1, -0.05) is 88.4 Å². The second-order valence-corrected chi connectivity index (χ2v) is 11.6. The van der Waals surface area contributed by atoms with Gasteiger partial charge in [-0.25, -0.2) is 0 Å². The fourth-order valence-electron chi connectivity index (χ4n) is 7.55. The van der Waals surface area contributed by atoms with E-state index < -0.39 is 0 Å². The summed E-state index contributed by atoms with van der Waals surface area (Å²) in [4.78, 5) is 0. The van der Waals surface area contributed by atoms with E-state index in [1.54, 1.807) is 0 Å². The molecule has 0 heterocycles. The predicted octanol–water partition coefficient (Wildman–Crippen LogP) is 9.47. The monoisotopic (exact) mass is 436 g/mol. The Morgan fingerprint density at radius 3 is 2.29 bits per heavy atom. The maximum absolute atomic E-state index is 2.55. The van der Waals surface area contributed by atoms with Crippen LogP contribution < -0.4 is 0 Å². The smallest absolute Gasteiger partial charge is 0.00955 e. The first kappa shape index (κ1) is 19.0. The molecule has 5 aromatic rings. The number of hydrogen-bond donors (Lipinski definition) is 0. The van der Waals surface area contributed by atoms with E-state index in [-0.39, 0.29) is 5.41 Å². The van der Waals surface area contributed by atoms with Gasteiger partial charge in [0.1, 0.15) is 0 Å². The van der Waals surface area contributed by atoms with Gasteiger partial charge in [0.15, 0.2) is 0 Å². The van der Waals surface area contributed by atoms with E-state index in [4.69, 9.17) is 0 Å². The van der Waals surface area contributed by atoms with E-state index in [0.29, 0.717) is 17.8 Å². The van der Waals surface area contributed by atoms with Crippen molar-refractivity contribution in [2.45, 2.75) is 44.9 Å². The van der Waals surface area contributed by atoms with Gasteiger partial charge >= 0.3 is 0 Å². The molecule has 0 aromatic heterocycles. The quantitative estimate of drug-likeness (QED) is 0.225. The molecule has 0 spiro atoms. The molecule has 5 aromatic carbocycles. The summed E-state index contributed by atoms with van der Waals surface area (Å²) < 4.78 is 0. The molecule has 0 aliphatic heterocycles. The molecule has 0 fully saturated rings. The Morgan fingerprint density at radius 2 is 1.44 bits per heavy atom. The van der Waals surface area contributed by atoms with E-state index >= 15 is 0 Å². The summed E-state index contributed by atoms with van der Waals surface area (Å²) in [6, 6.07) is 21.7. The van der Waals surface area contributed by atoms with Crippen molar-refractivity contribution in [3.8, 4) is 22.3 Å². The van der Waals surface area contributed by atoms with Gasteiger partial charge in [-0.15, -0.1) is 0 Å². The summed E-state index contributed by atoms with van der Waals surface area (Å²) in [5.74, 6) is 1.54. The van der Waals surface area contributed by atoms with Gasteiger partial charge in [0.05, 0.1) is 0 Å². The third kappa shape index (κ3) is 2.07. The number of benzene rings is 5. The van der Waals surface area contributed by atoms with Crippen molar-refractivity contribution in [2.24, 2.45) is 5.92 Å². The second kappa shape index (κ2) is 5.99. The Labute approximate surface area is 200 Å². The van der Waals surface area contributed by atoms with Gasteiger partial charge in [0.2, 0.25) is 0 Å². The fourth-order valence-corrected chi connectivity index (χ4v) is 7.55. The zero-order valence-electron chi connectivity index (χ0n) is 20.2. The molecule has 2 atom stereocenters. The lowest BCUT2D eigenvalue weighted by molar-refractivity contribution is 0.394. The van der Waals surface area contributed by atoms with Gasteiger partial charge in [-0.2, -0.15) is 0 Å². The third-order valence-corrected chi connectivity index (χ3v) is 9.21. The minimum absolute atomic E-state index is 0.141. The van der Waals surface area contributed by atoms with Crippen molar-refractivity contribution in [3.05, 3.63) is 95.6 Å². The molecule has 0 amide bonds. The van der Waals surface area contributed by atoms with Crippen molar-refractivity contribution in [3.63, 3.8) is 0 Å². The summed E-state index contributed by atoms with van der Waals surface area (Å²) in [6.07, 6.45) is 9.32. The van der Waals surface area contributed by atoms with Crippen LogP contribution in [-0.2, 0) is 5.41 Å². The normalized spacial score (nSPS) is 21.2. The molecule has 0 saturated carbocycles. The fraction of sp³-hybridized carbons (Fsp3) is 0.235. The molecule has 8 rings (SSSR count). The topological polar surface area (TPSA) is 0 Å². The largest absolute Gasteiger partial charge is 0.0796 e. The summed E-state index contributed by atoms with van der Waals surface area (Å²) in [7, 11) is 0. The lowest BCUT2D eigenvalue weighted by atomic mass is 9.74. The van der Waals surface area contributed by atoms with Gasteiger partial charge in [-0.3, -0.25) is 0 Å². The van der Waals surface area contributed by atoms with Crippen LogP contribution in [0.15, 0.2) is 78.9 Å². The van der Waals surface area contributed by atoms with Crippen LogP contribution in [0.2, 0.25) is 0 Å². The lowest BCUT2D eigenvalue weighted by Crippen LogP contribution is -2.24. The maximum atomic E-state index is 2.55. The molecule has 0 bridgehead atoms. The molecule has 3 aliphatic carbocycles. The highest BCUT2D eigenvalue weighted by molar-refractivity contribution is 6.32. The molecule has 0 N–H and O–H groups in total. The Hall–Kier alpha value is -3.38. The maximum Gasteiger partial charge on any atom is 0.00955 e. The average Bonchev–Trinajstić information content (AvgIpc) is 3.27. The van der Waals surface area contributed by atoms with Crippen LogP contribution in [0.1, 0.15) is 56.2 Å². The van der Waals surface area contributed by atoms with E-state index in [1.165, 1.54) is 71.3 Å². The molecule has 0 nitrogen and oxygen atoms in total. The van der Waals surface area contributed by atoms with Crippen LogP contribution in [-0.4, -0.2) is 0 Å². The zero-order chi connectivity index (χ0) is 22.9. The van der Waals surface area contributed by atoms with Crippen molar-refractivity contribution < 1.29 is 0 Å². The van der Waals surface area contributed by atoms with Gasteiger partial charge in [0.25, 0.3) is 0 Å².